The Hall–Kier alpha value is 1.82. The number of halogens is 2. The Bertz CT molecular complexity index is 184. The van der Waals surface area contributed by atoms with Crippen molar-refractivity contribution >= 4 is 15.8 Å². The van der Waals surface area contributed by atoms with Gasteiger partial charge in [-0.25, -0.2) is 0 Å². The van der Waals surface area contributed by atoms with Gasteiger partial charge in [0.05, 0.1) is 24.6 Å². The van der Waals surface area contributed by atoms with Crippen molar-refractivity contribution in [2.75, 3.05) is 30.6 Å². The second kappa shape index (κ2) is 23.8. The molecule has 0 saturated heterocycles. The zero-order valence-corrected chi connectivity index (χ0v) is 21.5. The Morgan fingerprint density at radius 1 is 0.478 bits per heavy atom. The van der Waals surface area contributed by atoms with Crippen LogP contribution in [0.2, 0.25) is 0 Å². The second-order valence-electron chi connectivity index (χ2n) is 6.71. The lowest BCUT2D eigenvalue weighted by Crippen LogP contribution is -3.00. The van der Waals surface area contributed by atoms with Gasteiger partial charge < -0.3 is 34.0 Å². The third kappa shape index (κ3) is 20.0. The molecule has 0 fully saturated rings. The zero-order chi connectivity index (χ0) is 15.8. The summed E-state index contributed by atoms with van der Waals surface area (Å²) in [5, 5.41) is 0. The standard InChI is InChI=1S/C19H42P2.2BrH/c1-5-9-11-13-15-17-20(7-3)19-21(8-4)18-16-14-12-10-6-2;;/h5-19H2,1-4H3;2*1H. The molecule has 0 radical (unpaired) electrons. The smallest absolute Gasteiger partial charge is 0.155 e. The molecule has 2 atom stereocenters. The van der Waals surface area contributed by atoms with Crippen molar-refractivity contribution in [1.29, 1.82) is 0 Å². The number of hydrogen-bond acceptors (Lipinski definition) is 0. The minimum atomic E-state index is 0. The summed E-state index contributed by atoms with van der Waals surface area (Å²) in [5.41, 5.74) is 0. The molecule has 0 spiro atoms. The van der Waals surface area contributed by atoms with Crippen LogP contribution in [0.3, 0.4) is 0 Å². The van der Waals surface area contributed by atoms with Gasteiger partial charge in [0, 0.05) is 15.8 Å². The van der Waals surface area contributed by atoms with E-state index in [-0.39, 0.29) is 49.8 Å². The number of hydrogen-bond donors (Lipinski definition) is 0. The van der Waals surface area contributed by atoms with Gasteiger partial charge in [-0.1, -0.05) is 52.4 Å². The van der Waals surface area contributed by atoms with E-state index in [4.69, 9.17) is 0 Å². The van der Waals surface area contributed by atoms with Crippen LogP contribution in [0, 0.1) is 0 Å². The summed E-state index contributed by atoms with van der Waals surface area (Å²) >= 11 is 0. The van der Waals surface area contributed by atoms with Gasteiger partial charge >= 0.3 is 0 Å². The maximum atomic E-state index is 2.47. The molecule has 0 aromatic carbocycles. The van der Waals surface area contributed by atoms with Crippen LogP contribution < -0.4 is 34.0 Å². The van der Waals surface area contributed by atoms with Crippen LogP contribution in [0.15, 0.2) is 0 Å². The Morgan fingerprint density at radius 3 is 1.13 bits per heavy atom. The molecule has 23 heavy (non-hydrogen) atoms. The summed E-state index contributed by atoms with van der Waals surface area (Å²) in [7, 11) is 0.0336. The lowest BCUT2D eigenvalue weighted by atomic mass is 10.2. The molecule has 2 unspecified atom stereocenters. The Balaban J connectivity index is -0.00000200. The monoisotopic (exact) mass is 492 g/mol. The van der Waals surface area contributed by atoms with Gasteiger partial charge in [0.2, 0.25) is 0 Å². The van der Waals surface area contributed by atoms with Crippen LogP contribution in [-0.4, -0.2) is 30.6 Å². The van der Waals surface area contributed by atoms with Gasteiger partial charge in [0.25, 0.3) is 0 Å². The average Bonchev–Trinajstić information content (AvgIpc) is 2.51. The molecule has 0 aromatic rings. The highest BCUT2D eigenvalue weighted by atomic mass is 79.9. The van der Waals surface area contributed by atoms with E-state index in [0.29, 0.717) is 0 Å². The maximum Gasteiger partial charge on any atom is 0.155 e. The maximum absolute atomic E-state index is 2.47. The fourth-order valence-electron chi connectivity index (χ4n) is 3.09. The van der Waals surface area contributed by atoms with Crippen LogP contribution in [0.1, 0.15) is 91.9 Å². The third-order valence-corrected chi connectivity index (χ3v) is 12.9. The van der Waals surface area contributed by atoms with Gasteiger partial charge in [-0.3, -0.25) is 0 Å². The van der Waals surface area contributed by atoms with Gasteiger partial charge in [0.1, 0.15) is 0 Å². The Labute approximate surface area is 171 Å². The van der Waals surface area contributed by atoms with E-state index in [9.17, 15) is 0 Å². The van der Waals surface area contributed by atoms with Crippen LogP contribution >= 0.6 is 15.8 Å². The lowest BCUT2D eigenvalue weighted by Gasteiger charge is -2.12. The molecule has 4 heteroatoms. The van der Waals surface area contributed by atoms with Crippen molar-refractivity contribution in [2.45, 2.75) is 91.9 Å². The molecule has 0 N–H and O–H groups in total. The Morgan fingerprint density at radius 2 is 0.826 bits per heavy atom. The average molecular weight is 494 g/mol. The summed E-state index contributed by atoms with van der Waals surface area (Å²) < 4.78 is 0. The molecule has 0 aliphatic rings. The molecule has 0 amide bonds. The summed E-state index contributed by atoms with van der Waals surface area (Å²) in [5.74, 6) is 1.71. The molecule has 0 aliphatic heterocycles. The van der Waals surface area contributed by atoms with Gasteiger partial charge in [0.15, 0.2) is 5.90 Å². The molecule has 0 aromatic heterocycles. The summed E-state index contributed by atoms with van der Waals surface area (Å²) in [6.45, 7) is 9.57. The molecular formula is C19H44Br2P2. The molecule has 0 nitrogen and oxygen atoms in total. The van der Waals surface area contributed by atoms with Crippen LogP contribution in [0.25, 0.3) is 0 Å². The van der Waals surface area contributed by atoms with Crippen molar-refractivity contribution in [3.63, 3.8) is 0 Å². The number of unbranched alkanes of at least 4 members (excludes halogenated alkanes) is 8. The minimum Gasteiger partial charge on any atom is -1.00 e. The fourth-order valence-corrected chi connectivity index (χ4v) is 11.5. The quantitative estimate of drug-likeness (QED) is 0.225. The van der Waals surface area contributed by atoms with Crippen LogP contribution in [0.5, 0.6) is 0 Å². The first-order valence-electron chi connectivity index (χ1n) is 9.95. The molecule has 0 aliphatic carbocycles. The molecule has 0 saturated carbocycles. The third-order valence-electron chi connectivity index (χ3n) is 4.77. The second-order valence-corrected chi connectivity index (χ2v) is 13.5. The normalized spacial score (nSPS) is 13.0. The van der Waals surface area contributed by atoms with Crippen molar-refractivity contribution in [1.82, 2.24) is 0 Å². The van der Waals surface area contributed by atoms with Crippen molar-refractivity contribution < 1.29 is 34.0 Å². The van der Waals surface area contributed by atoms with Crippen molar-refractivity contribution in [3.8, 4) is 0 Å². The van der Waals surface area contributed by atoms with E-state index in [0.717, 1.165) is 0 Å². The topological polar surface area (TPSA) is 0 Å². The number of rotatable bonds is 16. The largest absolute Gasteiger partial charge is 1.00 e. The van der Waals surface area contributed by atoms with E-state index >= 15 is 0 Å². The SMILES string of the molecule is CCCCCCC[PH+](CC)C[PH+](CC)CCCCCCC.[Br-].[Br-]. The molecule has 0 heterocycles. The first-order valence-corrected chi connectivity index (χ1v) is 14.2. The molecule has 144 valence electrons. The van der Waals surface area contributed by atoms with Gasteiger partial charge in [-0.2, -0.15) is 0 Å². The highest BCUT2D eigenvalue weighted by Crippen LogP contribution is 2.51. The van der Waals surface area contributed by atoms with E-state index in [2.05, 4.69) is 27.7 Å². The van der Waals surface area contributed by atoms with Gasteiger partial charge in [-0.15, -0.1) is 0 Å². The molecule has 0 bridgehead atoms. The predicted octanol–water partition coefficient (Wildman–Crippen LogP) is 1.36. The lowest BCUT2D eigenvalue weighted by molar-refractivity contribution is -0.00100. The minimum absolute atomic E-state index is 0. The molecular weight excluding hydrogens is 450 g/mol. The fraction of sp³-hybridized carbons (Fsp3) is 1.00. The highest BCUT2D eigenvalue weighted by Gasteiger charge is 2.23. The molecule has 0 rings (SSSR count). The first-order chi connectivity index (χ1) is 10.3. The van der Waals surface area contributed by atoms with Crippen molar-refractivity contribution in [2.24, 2.45) is 0 Å². The first kappa shape index (κ1) is 29.6. The van der Waals surface area contributed by atoms with E-state index in [1.54, 1.807) is 18.2 Å². The van der Waals surface area contributed by atoms with Crippen molar-refractivity contribution in [3.05, 3.63) is 0 Å². The highest BCUT2D eigenvalue weighted by molar-refractivity contribution is 7.74. The van der Waals surface area contributed by atoms with Gasteiger partial charge in [-0.05, 0) is 39.5 Å². The van der Waals surface area contributed by atoms with E-state index in [1.807, 2.05) is 0 Å². The van der Waals surface area contributed by atoms with Crippen LogP contribution in [0.4, 0.5) is 0 Å². The summed E-state index contributed by atoms with van der Waals surface area (Å²) in [6, 6.07) is 0. The zero-order valence-electron chi connectivity index (χ0n) is 16.4. The summed E-state index contributed by atoms with van der Waals surface area (Å²) in [6.07, 6.45) is 21.0. The van der Waals surface area contributed by atoms with E-state index in [1.165, 1.54) is 76.5 Å². The van der Waals surface area contributed by atoms with E-state index < -0.39 is 0 Å². The predicted molar refractivity (Wildman–Crippen MR) is 110 cm³/mol. The summed E-state index contributed by atoms with van der Waals surface area (Å²) in [4.78, 5) is 0. The Kier molecular flexibility index (Phi) is 30.6. The van der Waals surface area contributed by atoms with Crippen LogP contribution in [-0.2, 0) is 0 Å².